The second-order valence-electron chi connectivity index (χ2n) is 5.70. The van der Waals surface area contributed by atoms with Gasteiger partial charge in [0.05, 0.1) is 46.2 Å². The lowest BCUT2D eigenvalue weighted by Gasteiger charge is -2.20. The Morgan fingerprint density at radius 1 is 0.714 bits per heavy atom. The normalized spacial score (nSPS) is 12.0. The topological polar surface area (TPSA) is 69.2 Å². The van der Waals surface area contributed by atoms with E-state index in [1.54, 1.807) is 0 Å². The molecule has 0 aliphatic heterocycles. The van der Waals surface area contributed by atoms with Crippen LogP contribution in [0.15, 0.2) is 0 Å². The Morgan fingerprint density at radius 3 is 1.67 bits per heavy atom. The van der Waals surface area contributed by atoms with E-state index in [0.717, 1.165) is 13.0 Å². The van der Waals surface area contributed by atoms with Gasteiger partial charge < -0.3 is 29.4 Å². The number of aliphatic hydroxyl groups is 1. The lowest BCUT2D eigenvalue weighted by atomic mass is 10.1. The Balaban J connectivity index is 3.00. The third kappa shape index (κ3) is 19.8. The van der Waals surface area contributed by atoms with Gasteiger partial charge in [-0.25, -0.2) is 0 Å². The van der Waals surface area contributed by atoms with E-state index in [4.69, 9.17) is 24.1 Å². The largest absolute Gasteiger partial charge is 0.394 e. The third-order valence-corrected chi connectivity index (χ3v) is 2.46. The first kappa shape index (κ1) is 20.8. The van der Waals surface area contributed by atoms with E-state index in [1.165, 1.54) is 0 Å². The Hall–Kier alpha value is -0.240. The van der Waals surface area contributed by atoms with E-state index in [-0.39, 0.29) is 12.1 Å². The fourth-order valence-electron chi connectivity index (χ4n) is 1.47. The summed E-state index contributed by atoms with van der Waals surface area (Å²) in [4.78, 5) is 0. The Morgan fingerprint density at radius 2 is 1.19 bits per heavy atom. The fourth-order valence-corrected chi connectivity index (χ4v) is 1.47. The number of ether oxygens (including phenoxy) is 4. The van der Waals surface area contributed by atoms with Crippen LogP contribution in [0.3, 0.4) is 0 Å². The molecule has 0 heterocycles. The van der Waals surface area contributed by atoms with Crippen LogP contribution in [0.25, 0.3) is 0 Å². The molecule has 0 atom stereocenters. The first-order valence-corrected chi connectivity index (χ1v) is 7.73. The molecule has 0 rings (SSSR count). The van der Waals surface area contributed by atoms with Gasteiger partial charge in [0, 0.05) is 25.3 Å². The van der Waals surface area contributed by atoms with Crippen molar-refractivity contribution in [1.82, 2.24) is 5.32 Å². The van der Waals surface area contributed by atoms with Crippen molar-refractivity contribution in [2.75, 3.05) is 66.0 Å². The van der Waals surface area contributed by atoms with Crippen LogP contribution in [-0.4, -0.2) is 76.7 Å². The number of nitrogens with one attached hydrogen (secondary N) is 1. The maximum absolute atomic E-state index is 8.50. The minimum atomic E-state index is 0.0577. The molecule has 0 aromatic heterocycles. The zero-order valence-corrected chi connectivity index (χ0v) is 13.9. The third-order valence-electron chi connectivity index (χ3n) is 2.46. The van der Waals surface area contributed by atoms with Gasteiger partial charge in [-0.2, -0.15) is 0 Å². The van der Waals surface area contributed by atoms with E-state index in [1.807, 2.05) is 0 Å². The van der Waals surface area contributed by atoms with E-state index < -0.39 is 0 Å². The summed E-state index contributed by atoms with van der Waals surface area (Å²) in [5.41, 5.74) is 0.142. The average molecular weight is 307 g/mol. The first-order valence-electron chi connectivity index (χ1n) is 7.73. The van der Waals surface area contributed by atoms with Crippen LogP contribution in [0, 0.1) is 0 Å². The first-order chi connectivity index (χ1) is 10.1. The Labute approximate surface area is 129 Å². The van der Waals surface area contributed by atoms with E-state index in [2.05, 4.69) is 26.1 Å². The van der Waals surface area contributed by atoms with Gasteiger partial charge in [0.25, 0.3) is 0 Å². The maximum Gasteiger partial charge on any atom is 0.0701 e. The molecule has 0 spiro atoms. The molecule has 2 N–H and O–H groups in total. The van der Waals surface area contributed by atoms with Crippen molar-refractivity contribution in [2.45, 2.75) is 32.7 Å². The number of hydrogen-bond acceptors (Lipinski definition) is 6. The summed E-state index contributed by atoms with van der Waals surface area (Å²) in [5.74, 6) is 0. The quantitative estimate of drug-likeness (QED) is 0.437. The molecule has 0 aromatic carbocycles. The molecule has 0 radical (unpaired) electrons. The number of aliphatic hydroxyl groups excluding tert-OH is 1. The van der Waals surface area contributed by atoms with Gasteiger partial charge in [-0.15, -0.1) is 0 Å². The summed E-state index contributed by atoms with van der Waals surface area (Å²) < 4.78 is 21.3. The molecule has 0 unspecified atom stereocenters. The molecule has 0 aromatic rings. The number of hydrogen-bond donors (Lipinski definition) is 2. The molecular formula is C15H33NO5. The summed E-state index contributed by atoms with van der Waals surface area (Å²) in [5, 5.41) is 11.9. The molecule has 0 amide bonds. The van der Waals surface area contributed by atoms with Gasteiger partial charge in [0.15, 0.2) is 0 Å². The minimum Gasteiger partial charge on any atom is -0.394 e. The maximum atomic E-state index is 8.50. The molecule has 0 bridgehead atoms. The highest BCUT2D eigenvalue weighted by Gasteiger charge is 2.06. The van der Waals surface area contributed by atoms with Gasteiger partial charge in [-0.1, -0.05) is 0 Å². The number of rotatable bonds is 15. The van der Waals surface area contributed by atoms with Gasteiger partial charge in [0.2, 0.25) is 0 Å². The molecule has 6 nitrogen and oxygen atoms in total. The van der Waals surface area contributed by atoms with Gasteiger partial charge in [-0.3, -0.25) is 0 Å². The van der Waals surface area contributed by atoms with Crippen LogP contribution in [-0.2, 0) is 18.9 Å². The molecule has 0 aliphatic carbocycles. The fraction of sp³-hybridized carbons (Fsp3) is 1.00. The van der Waals surface area contributed by atoms with Crippen LogP contribution in [0.5, 0.6) is 0 Å². The molecular weight excluding hydrogens is 274 g/mol. The molecule has 21 heavy (non-hydrogen) atoms. The minimum absolute atomic E-state index is 0.0577. The zero-order chi connectivity index (χ0) is 15.8. The summed E-state index contributed by atoms with van der Waals surface area (Å²) in [6.45, 7) is 12.1. The second-order valence-corrected chi connectivity index (χ2v) is 5.70. The highest BCUT2D eigenvalue weighted by molar-refractivity contribution is 4.69. The monoisotopic (exact) mass is 307 g/mol. The molecule has 0 saturated heterocycles. The second kappa shape index (κ2) is 14.7. The standard InChI is InChI=1S/C15H33NO5/c1-15(2,3)16-5-9-20-13-11-18-7-4-8-19-12-14-21-10-6-17/h16-17H,4-14H2,1-3H3. The van der Waals surface area contributed by atoms with E-state index >= 15 is 0 Å². The van der Waals surface area contributed by atoms with Gasteiger partial charge >= 0.3 is 0 Å². The van der Waals surface area contributed by atoms with Crippen molar-refractivity contribution >= 4 is 0 Å². The lowest BCUT2D eigenvalue weighted by Crippen LogP contribution is -2.38. The summed E-state index contributed by atoms with van der Waals surface area (Å²) >= 11 is 0. The van der Waals surface area contributed by atoms with Crippen LogP contribution < -0.4 is 5.32 Å². The van der Waals surface area contributed by atoms with Crippen molar-refractivity contribution in [3.8, 4) is 0 Å². The van der Waals surface area contributed by atoms with Crippen LogP contribution in [0.2, 0.25) is 0 Å². The lowest BCUT2D eigenvalue weighted by molar-refractivity contribution is 0.0161. The van der Waals surface area contributed by atoms with E-state index in [9.17, 15) is 0 Å². The predicted molar refractivity (Wildman–Crippen MR) is 82.7 cm³/mol. The molecule has 0 fully saturated rings. The van der Waals surface area contributed by atoms with Crippen LogP contribution >= 0.6 is 0 Å². The highest BCUT2D eigenvalue weighted by Crippen LogP contribution is 1.96. The zero-order valence-electron chi connectivity index (χ0n) is 13.9. The van der Waals surface area contributed by atoms with Crippen molar-refractivity contribution in [2.24, 2.45) is 0 Å². The smallest absolute Gasteiger partial charge is 0.0701 e. The molecule has 0 aliphatic rings. The molecule has 0 saturated carbocycles. The van der Waals surface area contributed by atoms with Crippen molar-refractivity contribution in [3.05, 3.63) is 0 Å². The molecule has 6 heteroatoms. The van der Waals surface area contributed by atoms with Crippen molar-refractivity contribution < 1.29 is 24.1 Å². The van der Waals surface area contributed by atoms with Crippen LogP contribution in [0.4, 0.5) is 0 Å². The Bertz CT molecular complexity index is 209. The Kier molecular flexibility index (Phi) is 14.5. The van der Waals surface area contributed by atoms with Crippen LogP contribution in [0.1, 0.15) is 27.2 Å². The summed E-state index contributed by atoms with van der Waals surface area (Å²) in [6.07, 6.45) is 0.867. The van der Waals surface area contributed by atoms with Crippen molar-refractivity contribution in [1.29, 1.82) is 0 Å². The van der Waals surface area contributed by atoms with Gasteiger partial charge in [-0.05, 0) is 27.2 Å². The molecule has 128 valence electrons. The highest BCUT2D eigenvalue weighted by atomic mass is 16.5. The van der Waals surface area contributed by atoms with E-state index in [0.29, 0.717) is 52.9 Å². The average Bonchev–Trinajstić information content (AvgIpc) is 2.42. The van der Waals surface area contributed by atoms with Gasteiger partial charge in [0.1, 0.15) is 0 Å². The summed E-state index contributed by atoms with van der Waals surface area (Å²) in [7, 11) is 0. The van der Waals surface area contributed by atoms with Crippen molar-refractivity contribution in [3.63, 3.8) is 0 Å². The summed E-state index contributed by atoms with van der Waals surface area (Å²) in [6, 6.07) is 0. The predicted octanol–water partition coefficient (Wildman–Crippen LogP) is 0.823. The SMILES string of the molecule is CC(C)(C)NCCOCCOCCCOCCOCCO.